The molecule has 4 rings (SSSR count). The summed E-state index contributed by atoms with van der Waals surface area (Å²) in [5, 5.41) is 14.2. The van der Waals surface area contributed by atoms with Gasteiger partial charge in [0.15, 0.2) is 5.76 Å². The number of carbonyl (C=O) groups is 2. The molecule has 3 aromatic heterocycles. The lowest BCUT2D eigenvalue weighted by molar-refractivity contribution is -0.129. The third-order valence-corrected chi connectivity index (χ3v) is 6.27. The molecule has 0 bridgehead atoms. The van der Waals surface area contributed by atoms with Gasteiger partial charge in [-0.25, -0.2) is 4.98 Å². The molecule has 6 nitrogen and oxygen atoms in total. The molecule has 4 heterocycles. The summed E-state index contributed by atoms with van der Waals surface area (Å²) < 4.78 is 1.94. The number of hydrogen-bond acceptors (Lipinski definition) is 6. The largest absolute Gasteiger partial charge is 0.503 e. The molecule has 0 aliphatic carbocycles. The van der Waals surface area contributed by atoms with Crippen LogP contribution in [-0.4, -0.2) is 37.8 Å². The van der Waals surface area contributed by atoms with Gasteiger partial charge in [-0.1, -0.05) is 12.1 Å². The Balaban J connectivity index is 1.62. The molecule has 1 amide bonds. The van der Waals surface area contributed by atoms with E-state index in [2.05, 4.69) is 4.98 Å². The van der Waals surface area contributed by atoms with E-state index in [0.717, 1.165) is 4.88 Å². The summed E-state index contributed by atoms with van der Waals surface area (Å²) in [4.78, 5) is 32.7. The number of Topliss-reactive ketones (excluding diaryl/α,β-unsaturated/α-hetero) is 1. The number of thiophene rings is 2. The van der Waals surface area contributed by atoms with Crippen molar-refractivity contribution in [2.45, 2.75) is 19.0 Å². The summed E-state index contributed by atoms with van der Waals surface area (Å²) in [6.45, 7) is 1.14. The minimum absolute atomic E-state index is 0.174. The number of ketones is 1. The van der Waals surface area contributed by atoms with Gasteiger partial charge in [-0.2, -0.15) is 0 Å². The third-order valence-electron chi connectivity index (χ3n) is 4.48. The zero-order chi connectivity index (χ0) is 18.8. The van der Waals surface area contributed by atoms with Gasteiger partial charge in [-0.15, -0.1) is 22.7 Å². The van der Waals surface area contributed by atoms with Crippen LogP contribution in [0.15, 0.2) is 65.1 Å². The standard InChI is InChI=1S/C19H17N3O3S2/c23-17(14-5-2-11-27-14)15-16(13-4-1-10-26-13)22(19(25)18(15)24)8-3-7-21-9-6-20-12-21/h1-2,4-6,9-12,16,24H,3,7-8H2. The summed E-state index contributed by atoms with van der Waals surface area (Å²) >= 11 is 2.78. The lowest BCUT2D eigenvalue weighted by atomic mass is 10.0. The quantitative estimate of drug-likeness (QED) is 0.615. The van der Waals surface area contributed by atoms with Gasteiger partial charge in [0.1, 0.15) is 0 Å². The minimum Gasteiger partial charge on any atom is -0.503 e. The molecule has 138 valence electrons. The predicted molar refractivity (Wildman–Crippen MR) is 104 cm³/mol. The lowest BCUT2D eigenvalue weighted by Crippen LogP contribution is -2.32. The Morgan fingerprint density at radius 3 is 2.67 bits per heavy atom. The average Bonchev–Trinajstić information content (AvgIpc) is 3.45. The van der Waals surface area contributed by atoms with E-state index in [4.69, 9.17) is 0 Å². The monoisotopic (exact) mass is 399 g/mol. The van der Waals surface area contributed by atoms with Crippen molar-refractivity contribution in [1.82, 2.24) is 14.5 Å². The second-order valence-corrected chi connectivity index (χ2v) is 8.07. The number of aliphatic hydroxyl groups excluding tert-OH is 1. The van der Waals surface area contributed by atoms with Crippen LogP contribution in [0.2, 0.25) is 0 Å². The van der Waals surface area contributed by atoms with Crippen LogP contribution in [0.25, 0.3) is 0 Å². The highest BCUT2D eigenvalue weighted by molar-refractivity contribution is 7.12. The number of carbonyl (C=O) groups excluding carboxylic acids is 2. The molecule has 0 saturated heterocycles. The fourth-order valence-electron chi connectivity index (χ4n) is 3.24. The molecule has 1 atom stereocenters. The maximum Gasteiger partial charge on any atom is 0.290 e. The van der Waals surface area contributed by atoms with Gasteiger partial charge in [0.05, 0.1) is 22.8 Å². The SMILES string of the molecule is O=C(C1=C(O)C(=O)N(CCCn2ccnc2)C1c1cccs1)c1cccs1. The van der Waals surface area contributed by atoms with Crippen molar-refractivity contribution in [3.63, 3.8) is 0 Å². The summed E-state index contributed by atoms with van der Waals surface area (Å²) in [6.07, 6.45) is 5.99. The van der Waals surface area contributed by atoms with E-state index in [1.807, 2.05) is 33.7 Å². The molecule has 0 fully saturated rings. The number of aromatic nitrogens is 2. The van der Waals surface area contributed by atoms with Crippen LogP contribution in [0.5, 0.6) is 0 Å². The van der Waals surface area contributed by atoms with Crippen LogP contribution in [0.3, 0.4) is 0 Å². The van der Waals surface area contributed by atoms with E-state index in [9.17, 15) is 14.7 Å². The van der Waals surface area contributed by atoms with Crippen LogP contribution in [-0.2, 0) is 11.3 Å². The van der Waals surface area contributed by atoms with Gasteiger partial charge >= 0.3 is 0 Å². The van der Waals surface area contributed by atoms with Crippen molar-refractivity contribution < 1.29 is 14.7 Å². The van der Waals surface area contributed by atoms with E-state index >= 15 is 0 Å². The van der Waals surface area contributed by atoms with Crippen molar-refractivity contribution in [3.8, 4) is 0 Å². The molecule has 1 aliphatic heterocycles. The first kappa shape index (κ1) is 17.7. The Bertz CT molecular complexity index is 960. The third kappa shape index (κ3) is 3.33. The second kappa shape index (κ2) is 7.50. The smallest absolute Gasteiger partial charge is 0.290 e. The van der Waals surface area contributed by atoms with Gasteiger partial charge in [0.25, 0.3) is 5.91 Å². The Kier molecular flexibility index (Phi) is 4.91. The number of imidazole rings is 1. The molecule has 8 heteroatoms. The maximum atomic E-state index is 13.0. The molecule has 3 aromatic rings. The number of amides is 1. The molecule has 1 aliphatic rings. The average molecular weight is 399 g/mol. The number of aryl methyl sites for hydroxylation is 1. The van der Waals surface area contributed by atoms with Gasteiger partial charge in [-0.05, 0) is 29.3 Å². The van der Waals surface area contributed by atoms with Gasteiger partial charge < -0.3 is 14.6 Å². The van der Waals surface area contributed by atoms with Crippen molar-refractivity contribution in [2.24, 2.45) is 0 Å². The van der Waals surface area contributed by atoms with Crippen LogP contribution in [0.4, 0.5) is 0 Å². The zero-order valence-corrected chi connectivity index (χ0v) is 15.9. The van der Waals surface area contributed by atoms with Crippen LogP contribution in [0, 0.1) is 0 Å². The zero-order valence-electron chi connectivity index (χ0n) is 14.3. The van der Waals surface area contributed by atoms with E-state index in [0.29, 0.717) is 24.4 Å². The van der Waals surface area contributed by atoms with Crippen molar-refractivity contribution in [3.05, 3.63) is 74.8 Å². The number of hydrogen-bond donors (Lipinski definition) is 1. The molecule has 0 radical (unpaired) electrons. The highest BCUT2D eigenvalue weighted by Gasteiger charge is 2.44. The highest BCUT2D eigenvalue weighted by Crippen LogP contribution is 2.41. The number of nitrogens with zero attached hydrogens (tertiary/aromatic N) is 3. The van der Waals surface area contributed by atoms with Crippen LogP contribution in [0.1, 0.15) is 27.0 Å². The van der Waals surface area contributed by atoms with E-state index in [-0.39, 0.29) is 11.4 Å². The molecule has 1 N–H and O–H groups in total. The van der Waals surface area contributed by atoms with Gasteiger partial charge in [-0.3, -0.25) is 9.59 Å². The molecule has 0 aromatic carbocycles. The highest BCUT2D eigenvalue weighted by atomic mass is 32.1. The van der Waals surface area contributed by atoms with Crippen molar-refractivity contribution in [1.29, 1.82) is 0 Å². The molecule has 27 heavy (non-hydrogen) atoms. The van der Waals surface area contributed by atoms with Gasteiger partial charge in [0.2, 0.25) is 5.78 Å². The molecule has 0 spiro atoms. The predicted octanol–water partition coefficient (Wildman–Crippen LogP) is 3.67. The maximum absolute atomic E-state index is 13.0. The fraction of sp³-hybridized carbons (Fsp3) is 0.211. The first-order chi connectivity index (χ1) is 13.2. The summed E-state index contributed by atoms with van der Waals surface area (Å²) in [7, 11) is 0. The molecular formula is C19H17N3O3S2. The van der Waals surface area contributed by atoms with Crippen molar-refractivity contribution in [2.75, 3.05) is 6.54 Å². The minimum atomic E-state index is -0.546. The summed E-state index contributed by atoms with van der Waals surface area (Å²) in [6, 6.07) is 6.73. The van der Waals surface area contributed by atoms with Crippen LogP contribution < -0.4 is 0 Å². The van der Waals surface area contributed by atoms with Crippen molar-refractivity contribution >= 4 is 34.4 Å². The number of rotatable bonds is 7. The van der Waals surface area contributed by atoms with E-state index in [1.165, 1.54) is 22.7 Å². The summed E-state index contributed by atoms with van der Waals surface area (Å²) in [5.41, 5.74) is 0.174. The lowest BCUT2D eigenvalue weighted by Gasteiger charge is -2.25. The number of aliphatic hydroxyl groups is 1. The Morgan fingerprint density at radius 2 is 2.00 bits per heavy atom. The Morgan fingerprint density at radius 1 is 1.19 bits per heavy atom. The molecule has 1 unspecified atom stereocenters. The van der Waals surface area contributed by atoms with E-state index in [1.54, 1.807) is 29.6 Å². The Hall–Kier alpha value is -2.71. The van der Waals surface area contributed by atoms with E-state index < -0.39 is 17.7 Å². The van der Waals surface area contributed by atoms with Crippen LogP contribution >= 0.6 is 22.7 Å². The Labute approximate surface area is 164 Å². The topological polar surface area (TPSA) is 75.4 Å². The first-order valence-electron chi connectivity index (χ1n) is 8.48. The normalized spacial score (nSPS) is 17.1. The first-order valence-corrected chi connectivity index (χ1v) is 10.2. The molecular weight excluding hydrogens is 382 g/mol. The molecule has 0 saturated carbocycles. The van der Waals surface area contributed by atoms with Gasteiger partial charge in [0, 0.05) is 30.4 Å². The second-order valence-electron chi connectivity index (χ2n) is 6.14. The summed E-state index contributed by atoms with van der Waals surface area (Å²) in [5.74, 6) is -1.21. The fourth-order valence-corrected chi connectivity index (χ4v) is 4.77.